The van der Waals surface area contributed by atoms with Gasteiger partial charge in [0, 0.05) is 50.2 Å². The van der Waals surface area contributed by atoms with E-state index in [1.165, 1.54) is 22.3 Å². The molecule has 1 aliphatic rings. The molecule has 0 amide bonds. The molecular formula is C78H76N2O2. The molecule has 0 spiro atoms. The maximum absolute atomic E-state index is 7.58. The molecule has 0 saturated carbocycles. The molecule has 410 valence electrons. The van der Waals surface area contributed by atoms with Crippen LogP contribution in [0.4, 0.5) is 34.1 Å². The Kier molecular flexibility index (Phi) is 13.1. The average Bonchev–Trinajstić information content (AvgIpc) is 1.60. The molecule has 0 unspecified atom stereocenters. The molecule has 2 aromatic heterocycles. The third kappa shape index (κ3) is 8.90. The number of nitrogens with zero attached hydrogens (tertiary/aromatic N) is 2. The van der Waals surface area contributed by atoms with Gasteiger partial charge in [-0.2, -0.15) is 0 Å². The molecule has 0 N–H and O–H groups in total. The predicted molar refractivity (Wildman–Crippen MR) is 350 cm³/mol. The van der Waals surface area contributed by atoms with Crippen LogP contribution in [0, 0.1) is 0 Å². The van der Waals surface area contributed by atoms with Crippen molar-refractivity contribution in [2.75, 3.05) is 9.80 Å². The van der Waals surface area contributed by atoms with E-state index >= 15 is 0 Å². The molecule has 2 heterocycles. The zero-order valence-electron chi connectivity index (χ0n) is 50.1. The standard InChI is InChI=1S/C78H76N2O2/c1-15-25-60-66(16-2)81-72-65(80(58-44-36-52(37-45-58)76(9,10)11)59-46-38-53(39-47-59)77(12,13)14)49-62-70(69(60)72)71-63(78(62,54-26-19-17-20-27-54)55-28-21-18-22-29-55)48-64(68-61-30-23-24-31-67(61)82-73(68)71)79(56-40-32-50(33-41-56)74(3,4)5)57-42-34-51(35-43-57)75(6,7)8/h15-49H,2H2,1,3-14H3/b25-15-. The van der Waals surface area contributed by atoms with Crippen molar-refractivity contribution in [3.8, 4) is 11.1 Å². The van der Waals surface area contributed by atoms with Crippen LogP contribution in [-0.2, 0) is 27.1 Å². The van der Waals surface area contributed by atoms with Crippen LogP contribution >= 0.6 is 0 Å². The van der Waals surface area contributed by atoms with E-state index in [0.717, 1.165) is 106 Å². The van der Waals surface area contributed by atoms with Crippen molar-refractivity contribution >= 4 is 79.2 Å². The Morgan fingerprint density at radius 1 is 0.415 bits per heavy atom. The van der Waals surface area contributed by atoms with Crippen molar-refractivity contribution in [2.24, 2.45) is 0 Å². The Morgan fingerprint density at radius 2 is 0.805 bits per heavy atom. The highest BCUT2D eigenvalue weighted by atomic mass is 16.3. The maximum atomic E-state index is 7.58. The van der Waals surface area contributed by atoms with Gasteiger partial charge in [0.2, 0.25) is 0 Å². The van der Waals surface area contributed by atoms with Gasteiger partial charge in [0.15, 0.2) is 5.58 Å². The van der Waals surface area contributed by atoms with Crippen LogP contribution in [0.15, 0.2) is 216 Å². The third-order valence-corrected chi connectivity index (χ3v) is 17.1. The van der Waals surface area contributed by atoms with E-state index in [4.69, 9.17) is 8.83 Å². The summed E-state index contributed by atoms with van der Waals surface area (Å²) in [7, 11) is 0. The number of benzene rings is 9. The molecule has 4 nitrogen and oxygen atoms in total. The summed E-state index contributed by atoms with van der Waals surface area (Å²) in [5.74, 6) is 0.702. The van der Waals surface area contributed by atoms with Crippen LogP contribution in [0.1, 0.15) is 146 Å². The summed E-state index contributed by atoms with van der Waals surface area (Å²) in [4.78, 5) is 4.88. The summed E-state index contributed by atoms with van der Waals surface area (Å²) < 4.78 is 15.0. The minimum atomic E-state index is -0.910. The van der Waals surface area contributed by atoms with Crippen molar-refractivity contribution < 1.29 is 8.83 Å². The second kappa shape index (κ2) is 19.8. The van der Waals surface area contributed by atoms with E-state index in [1.54, 1.807) is 0 Å². The van der Waals surface area contributed by atoms with E-state index in [0.29, 0.717) is 5.76 Å². The number of anilines is 6. The Bertz CT molecular complexity index is 4070. The Morgan fingerprint density at radius 3 is 1.22 bits per heavy atom. The summed E-state index contributed by atoms with van der Waals surface area (Å²) in [5.41, 5.74) is 20.1. The fourth-order valence-electron chi connectivity index (χ4n) is 12.7. The summed E-state index contributed by atoms with van der Waals surface area (Å²) in [5, 5.41) is 3.08. The topological polar surface area (TPSA) is 32.8 Å². The summed E-state index contributed by atoms with van der Waals surface area (Å²) in [6.45, 7) is 33.8. The minimum absolute atomic E-state index is 0.0358. The molecule has 0 bridgehead atoms. The molecule has 4 heteroatoms. The van der Waals surface area contributed by atoms with E-state index in [2.05, 4.69) is 313 Å². The van der Waals surface area contributed by atoms with Crippen molar-refractivity contribution in [3.05, 3.63) is 263 Å². The molecular weight excluding hydrogens is 997 g/mol. The zero-order valence-corrected chi connectivity index (χ0v) is 50.1. The van der Waals surface area contributed by atoms with Crippen molar-refractivity contribution in [2.45, 2.75) is 117 Å². The zero-order chi connectivity index (χ0) is 57.7. The highest BCUT2D eigenvalue weighted by Gasteiger charge is 2.51. The highest BCUT2D eigenvalue weighted by molar-refractivity contribution is 6.23. The van der Waals surface area contributed by atoms with Gasteiger partial charge in [0.1, 0.15) is 16.9 Å². The number of hydrogen-bond acceptors (Lipinski definition) is 4. The van der Waals surface area contributed by atoms with Crippen molar-refractivity contribution in [3.63, 3.8) is 0 Å². The van der Waals surface area contributed by atoms with Crippen LogP contribution in [0.5, 0.6) is 0 Å². The lowest BCUT2D eigenvalue weighted by molar-refractivity contribution is 0.590. The molecule has 12 rings (SSSR count). The second-order valence-electron chi connectivity index (χ2n) is 26.6. The molecule has 0 aliphatic heterocycles. The molecule has 0 saturated heterocycles. The molecule has 0 fully saturated rings. The molecule has 9 aromatic carbocycles. The van der Waals surface area contributed by atoms with Crippen LogP contribution in [0.2, 0.25) is 0 Å². The maximum Gasteiger partial charge on any atom is 0.160 e. The minimum Gasteiger partial charge on any atom is -0.455 e. The van der Waals surface area contributed by atoms with Crippen LogP contribution in [-0.4, -0.2) is 0 Å². The van der Waals surface area contributed by atoms with Gasteiger partial charge < -0.3 is 18.6 Å². The first-order valence-corrected chi connectivity index (χ1v) is 29.1. The van der Waals surface area contributed by atoms with Gasteiger partial charge in [-0.1, -0.05) is 229 Å². The van der Waals surface area contributed by atoms with E-state index in [1.807, 2.05) is 6.08 Å². The van der Waals surface area contributed by atoms with E-state index in [-0.39, 0.29) is 21.7 Å². The number of fused-ring (bicyclic) bond motifs is 9. The first-order valence-electron chi connectivity index (χ1n) is 29.1. The lowest BCUT2D eigenvalue weighted by Gasteiger charge is -2.36. The van der Waals surface area contributed by atoms with Gasteiger partial charge in [-0.05, 0) is 146 Å². The van der Waals surface area contributed by atoms with Crippen LogP contribution in [0.3, 0.4) is 0 Å². The monoisotopic (exact) mass is 1070 g/mol. The van der Waals surface area contributed by atoms with Gasteiger partial charge in [-0.3, -0.25) is 0 Å². The fraction of sp³-hybridized carbons (Fsp3) is 0.231. The van der Waals surface area contributed by atoms with Crippen molar-refractivity contribution in [1.82, 2.24) is 0 Å². The Balaban J connectivity index is 1.29. The van der Waals surface area contributed by atoms with Gasteiger partial charge in [0.05, 0.1) is 22.2 Å². The van der Waals surface area contributed by atoms with Gasteiger partial charge >= 0.3 is 0 Å². The van der Waals surface area contributed by atoms with E-state index in [9.17, 15) is 0 Å². The SMILES string of the molecule is C=Cc1oc2c(N(c3ccc(C(C)(C)C)cc3)c3ccc(C(C)(C)C)cc3)cc3c(c2c1/C=C\C)-c1c(cc(N(c2ccc(C(C)(C)C)cc2)c2ccc(C(C)(C)C)cc2)c2c1oc1ccccc12)C3(c1ccccc1)c1ccccc1. The van der Waals surface area contributed by atoms with Crippen LogP contribution < -0.4 is 9.80 Å². The van der Waals surface area contributed by atoms with Gasteiger partial charge in [0.25, 0.3) is 0 Å². The molecule has 82 heavy (non-hydrogen) atoms. The quantitative estimate of drug-likeness (QED) is 0.137. The predicted octanol–water partition coefficient (Wildman–Crippen LogP) is 22.5. The lowest BCUT2D eigenvalue weighted by atomic mass is 9.67. The summed E-state index contributed by atoms with van der Waals surface area (Å²) >= 11 is 0. The summed E-state index contributed by atoms with van der Waals surface area (Å²) in [6, 6.07) is 72.5. The molecule has 0 radical (unpaired) electrons. The normalized spacial score (nSPS) is 13.5. The number of allylic oxidation sites excluding steroid dienone is 1. The smallest absolute Gasteiger partial charge is 0.160 e. The molecule has 1 aliphatic carbocycles. The average molecular weight is 1070 g/mol. The van der Waals surface area contributed by atoms with Gasteiger partial charge in [-0.15, -0.1) is 0 Å². The summed E-state index contributed by atoms with van der Waals surface area (Å²) in [6.07, 6.45) is 6.19. The van der Waals surface area contributed by atoms with Crippen molar-refractivity contribution in [1.29, 1.82) is 0 Å². The first kappa shape index (κ1) is 54.0. The number of para-hydroxylation sites is 1. The number of furan rings is 2. The second-order valence-corrected chi connectivity index (χ2v) is 26.6. The lowest BCUT2D eigenvalue weighted by Crippen LogP contribution is -2.29. The number of hydrogen-bond donors (Lipinski definition) is 0. The number of rotatable bonds is 10. The molecule has 0 atom stereocenters. The van der Waals surface area contributed by atoms with Gasteiger partial charge in [-0.25, -0.2) is 0 Å². The first-order chi connectivity index (χ1) is 39.1. The Hall–Kier alpha value is -8.60. The fourth-order valence-corrected chi connectivity index (χ4v) is 12.7. The highest BCUT2D eigenvalue weighted by Crippen LogP contribution is 2.64. The Labute approximate surface area is 486 Å². The third-order valence-electron chi connectivity index (χ3n) is 17.1. The molecule has 11 aromatic rings. The van der Waals surface area contributed by atoms with E-state index < -0.39 is 5.41 Å². The van der Waals surface area contributed by atoms with Crippen LogP contribution in [0.25, 0.3) is 56.2 Å². The largest absolute Gasteiger partial charge is 0.455 e.